The molecule has 1 fully saturated rings. The van der Waals surface area contributed by atoms with Gasteiger partial charge in [0.25, 0.3) is 11.8 Å². The monoisotopic (exact) mass is 558 g/mol. The maximum atomic E-state index is 12.8. The molecule has 0 spiro atoms. The van der Waals surface area contributed by atoms with Crippen LogP contribution >= 0.6 is 34.4 Å². The van der Waals surface area contributed by atoms with Gasteiger partial charge in [0.1, 0.15) is 23.5 Å². The summed E-state index contributed by atoms with van der Waals surface area (Å²) in [6, 6.07) is 0.660. The Bertz CT molecular complexity index is 1460. The van der Waals surface area contributed by atoms with E-state index in [0.717, 1.165) is 16.4 Å². The molecule has 2 aliphatic heterocycles. The number of amides is 2. The van der Waals surface area contributed by atoms with Gasteiger partial charge in [0.05, 0.1) is 21.9 Å². The molecule has 0 radical (unpaired) electrons. The fourth-order valence-corrected chi connectivity index (χ4v) is 6.26. The van der Waals surface area contributed by atoms with Gasteiger partial charge in [-0.25, -0.2) is 14.8 Å². The maximum absolute atomic E-state index is 12.8. The van der Waals surface area contributed by atoms with E-state index in [-0.39, 0.29) is 12.3 Å². The van der Waals surface area contributed by atoms with Crippen LogP contribution in [0.2, 0.25) is 0 Å². The number of thioether (sulfide) groups is 1. The Kier molecular flexibility index (Phi) is 7.16. The quantitative estimate of drug-likeness (QED) is 0.151. The molecule has 1 saturated heterocycles. The van der Waals surface area contributed by atoms with E-state index in [9.17, 15) is 19.5 Å². The van der Waals surface area contributed by atoms with E-state index in [4.69, 9.17) is 10.6 Å². The number of carboxylic acids is 1. The van der Waals surface area contributed by atoms with Gasteiger partial charge in [-0.3, -0.25) is 14.5 Å². The van der Waals surface area contributed by atoms with Crippen LogP contribution in [0, 0.1) is 0 Å². The molecule has 5 heterocycles. The minimum Gasteiger partial charge on any atom is -0.477 e. The van der Waals surface area contributed by atoms with Crippen molar-refractivity contribution in [3.8, 4) is 0 Å². The Hall–Kier alpha value is -3.82. The first kappa shape index (κ1) is 24.9. The topological polar surface area (TPSA) is 164 Å². The number of β-lactam (4-membered cyclic amide) rings is 1. The van der Waals surface area contributed by atoms with Gasteiger partial charge in [-0.2, -0.15) is 4.57 Å². The van der Waals surface area contributed by atoms with E-state index in [2.05, 4.69) is 20.4 Å². The number of thiazole rings is 2. The minimum absolute atomic E-state index is 0.0495. The molecule has 3 aromatic rings. The molecule has 3 aromatic heterocycles. The smallest absolute Gasteiger partial charge is 0.353 e. The number of pyridine rings is 1. The number of nitrogens with two attached hydrogens (primary N) is 1. The number of fused-ring (bicyclic) bond motifs is 2. The summed E-state index contributed by atoms with van der Waals surface area (Å²) in [5.41, 5.74) is 8.71. The number of rotatable bonds is 9. The lowest BCUT2D eigenvalue weighted by Gasteiger charge is -2.49. The molecule has 0 aromatic carbocycles. The standard InChI is InChI=1S/C22H19N7O5S3/c23-22-26-12(9-36-22)8-34-25-6-17(30)27-18-14-10-35-16(19(21(32)33)29(14)20(18)31)2-1-4-28-5-3-15-13(7-28)24-11-37-15/h1-3,5-7,9,11,14,18H,4,8,10H2,(H3-,23,26,27,30,32,33)/p+1/b2-1+,25-6?. The van der Waals surface area contributed by atoms with Crippen molar-refractivity contribution >= 4 is 73.8 Å². The Morgan fingerprint density at radius 2 is 2.27 bits per heavy atom. The number of carbonyl (C=O) groups excluding carboxylic acids is 2. The van der Waals surface area contributed by atoms with Gasteiger partial charge >= 0.3 is 5.97 Å². The second-order valence-electron chi connectivity index (χ2n) is 7.92. The van der Waals surface area contributed by atoms with Gasteiger partial charge in [-0.15, -0.1) is 34.4 Å². The van der Waals surface area contributed by atoms with Crippen LogP contribution in [0.25, 0.3) is 10.2 Å². The summed E-state index contributed by atoms with van der Waals surface area (Å²) in [6.45, 7) is 0.561. The molecule has 2 aliphatic rings. The van der Waals surface area contributed by atoms with Crippen molar-refractivity contribution in [2.75, 3.05) is 11.5 Å². The van der Waals surface area contributed by atoms with Crippen LogP contribution in [-0.4, -0.2) is 61.8 Å². The van der Waals surface area contributed by atoms with Crippen molar-refractivity contribution in [2.45, 2.75) is 25.2 Å². The lowest BCUT2D eigenvalue weighted by molar-refractivity contribution is -0.685. The van der Waals surface area contributed by atoms with E-state index < -0.39 is 29.9 Å². The second-order valence-corrected chi connectivity index (χ2v) is 10.8. The highest BCUT2D eigenvalue weighted by atomic mass is 32.2. The number of aliphatic carboxylic acids is 1. The second kappa shape index (κ2) is 10.7. The zero-order chi connectivity index (χ0) is 25.9. The summed E-state index contributed by atoms with van der Waals surface area (Å²) in [5, 5.41) is 18.1. The first-order valence-electron chi connectivity index (χ1n) is 10.9. The van der Waals surface area contributed by atoms with E-state index >= 15 is 0 Å². The zero-order valence-corrected chi connectivity index (χ0v) is 21.5. The number of aromatic nitrogens is 3. The molecule has 15 heteroatoms. The van der Waals surface area contributed by atoms with Crippen LogP contribution < -0.4 is 15.6 Å². The third kappa shape index (κ3) is 5.33. The fraction of sp³-hybridized carbons (Fsp3) is 0.227. The van der Waals surface area contributed by atoms with Crippen molar-refractivity contribution in [3.05, 3.63) is 57.8 Å². The van der Waals surface area contributed by atoms with Gasteiger partial charge in [0, 0.05) is 22.1 Å². The number of nitrogens with zero attached hydrogens (tertiary/aromatic N) is 5. The van der Waals surface area contributed by atoms with Crippen LogP contribution in [0.3, 0.4) is 0 Å². The van der Waals surface area contributed by atoms with E-state index in [1.54, 1.807) is 28.3 Å². The summed E-state index contributed by atoms with van der Waals surface area (Å²) >= 11 is 4.15. The number of nitrogen functional groups attached to an aromatic ring is 1. The van der Waals surface area contributed by atoms with E-state index in [1.165, 1.54) is 28.0 Å². The molecule has 2 atom stereocenters. The van der Waals surface area contributed by atoms with Crippen molar-refractivity contribution in [3.63, 3.8) is 0 Å². The maximum Gasteiger partial charge on any atom is 0.353 e. The van der Waals surface area contributed by atoms with Crippen LogP contribution in [0.15, 0.2) is 57.3 Å². The molecule has 0 aliphatic carbocycles. The average molecular weight is 559 g/mol. The highest BCUT2D eigenvalue weighted by molar-refractivity contribution is 8.03. The largest absolute Gasteiger partial charge is 0.477 e. The molecular formula is C22H20N7O5S3+. The van der Waals surface area contributed by atoms with Crippen molar-refractivity contribution in [1.29, 1.82) is 0 Å². The Balaban J connectivity index is 1.19. The lowest BCUT2D eigenvalue weighted by Crippen LogP contribution is -2.72. The summed E-state index contributed by atoms with van der Waals surface area (Å²) in [6.07, 6.45) is 8.31. The number of allylic oxidation sites excluding steroid dienone is 2. The summed E-state index contributed by atoms with van der Waals surface area (Å²) < 4.78 is 3.02. The summed E-state index contributed by atoms with van der Waals surface area (Å²) in [5.74, 6) is -1.88. The van der Waals surface area contributed by atoms with Gasteiger partial charge in [0.2, 0.25) is 0 Å². The van der Waals surface area contributed by atoms with Crippen LogP contribution in [-0.2, 0) is 32.4 Å². The molecule has 190 valence electrons. The molecule has 2 unspecified atom stereocenters. The summed E-state index contributed by atoms with van der Waals surface area (Å²) in [7, 11) is 0. The highest BCUT2D eigenvalue weighted by Crippen LogP contribution is 2.39. The first-order chi connectivity index (χ1) is 17.9. The Morgan fingerprint density at radius 1 is 1.41 bits per heavy atom. The van der Waals surface area contributed by atoms with Crippen molar-refractivity contribution in [2.24, 2.45) is 5.16 Å². The van der Waals surface area contributed by atoms with E-state index in [0.29, 0.717) is 28.0 Å². The predicted molar refractivity (Wildman–Crippen MR) is 138 cm³/mol. The number of hydrogen-bond acceptors (Lipinski definition) is 11. The highest BCUT2D eigenvalue weighted by Gasteiger charge is 2.53. The van der Waals surface area contributed by atoms with Crippen LogP contribution in [0.1, 0.15) is 5.69 Å². The summed E-state index contributed by atoms with van der Waals surface area (Å²) in [4.78, 5) is 52.0. The molecule has 12 nitrogen and oxygen atoms in total. The molecule has 5 rings (SSSR count). The SMILES string of the molecule is Nc1nc(CON=CC(=O)NC2C(=O)N3C(C(=O)O)=C(/C=C/C[n+]4ccc5scnc5c4)SCC23)cs1. The van der Waals surface area contributed by atoms with E-state index in [1.807, 2.05) is 29.1 Å². The fourth-order valence-electron chi connectivity index (χ4n) is 3.86. The van der Waals surface area contributed by atoms with Gasteiger partial charge in [0.15, 0.2) is 30.7 Å². The number of hydrogen-bond donors (Lipinski definition) is 3. The molecule has 2 amide bonds. The van der Waals surface area contributed by atoms with Crippen LogP contribution in [0.4, 0.5) is 5.13 Å². The predicted octanol–water partition coefficient (Wildman–Crippen LogP) is 1.12. The number of nitrogens with one attached hydrogen (secondary N) is 1. The molecule has 0 saturated carbocycles. The Morgan fingerprint density at radius 3 is 3.05 bits per heavy atom. The Labute approximate surface area is 222 Å². The normalized spacial score (nSPS) is 19.5. The third-order valence-electron chi connectivity index (χ3n) is 5.55. The van der Waals surface area contributed by atoms with Gasteiger partial charge in [-0.1, -0.05) is 5.16 Å². The third-order valence-corrected chi connectivity index (χ3v) is 8.23. The molecule has 37 heavy (non-hydrogen) atoms. The zero-order valence-electron chi connectivity index (χ0n) is 19.0. The lowest BCUT2D eigenvalue weighted by atomic mass is 9.94. The molecular weight excluding hydrogens is 538 g/mol. The first-order valence-corrected chi connectivity index (χ1v) is 13.6. The number of carboxylic acid groups (broad SMARTS) is 1. The molecule has 0 bridgehead atoms. The average Bonchev–Trinajstić information content (AvgIpc) is 3.52. The molecule has 4 N–H and O–H groups in total. The minimum atomic E-state index is -1.20. The van der Waals surface area contributed by atoms with Crippen LogP contribution in [0.5, 0.6) is 0 Å². The van der Waals surface area contributed by atoms with Gasteiger partial charge < -0.3 is 21.0 Å². The van der Waals surface area contributed by atoms with Crippen molar-refractivity contribution in [1.82, 2.24) is 20.2 Å². The van der Waals surface area contributed by atoms with Gasteiger partial charge in [-0.05, 0) is 12.2 Å². The number of anilines is 1. The number of oxime groups is 1. The van der Waals surface area contributed by atoms with Crippen molar-refractivity contribution < 1.29 is 28.9 Å². The number of carbonyl (C=O) groups is 3.